The number of para-hydroxylation sites is 1. The predicted octanol–water partition coefficient (Wildman–Crippen LogP) is 0.785. The third-order valence-electron chi connectivity index (χ3n) is 2.05. The third kappa shape index (κ3) is 2.60. The number of carbonyl (C=O) groups is 1. The van der Waals surface area contributed by atoms with Crippen LogP contribution in [-0.4, -0.2) is 23.3 Å². The summed E-state index contributed by atoms with van der Waals surface area (Å²) in [5.41, 5.74) is 6.34. The van der Waals surface area contributed by atoms with Crippen molar-refractivity contribution in [3.8, 4) is 5.75 Å². The van der Waals surface area contributed by atoms with Crippen molar-refractivity contribution in [1.29, 1.82) is 0 Å². The molecule has 0 aliphatic carbocycles. The quantitative estimate of drug-likeness (QED) is 0.640. The average molecular weight is 211 g/mol. The molecule has 1 aromatic rings. The molecule has 0 saturated carbocycles. The molecule has 1 atom stereocenters. The van der Waals surface area contributed by atoms with Gasteiger partial charge in [0.2, 0.25) is 0 Å². The lowest BCUT2D eigenvalue weighted by Crippen LogP contribution is -2.08. The first-order valence-corrected chi connectivity index (χ1v) is 4.38. The summed E-state index contributed by atoms with van der Waals surface area (Å²) in [7, 11) is 1.46. The van der Waals surface area contributed by atoms with Gasteiger partial charge in [0, 0.05) is 5.56 Å². The molecule has 1 unspecified atom stereocenters. The number of methoxy groups -OCH3 is 1. The number of nitrogens with two attached hydrogens (primary N) is 1. The number of ether oxygens (including phenoxy) is 1. The number of benzene rings is 1. The lowest BCUT2D eigenvalue weighted by molar-refractivity contribution is -0.139. The number of aliphatic carboxylic acids is 1. The van der Waals surface area contributed by atoms with Crippen molar-refractivity contribution in [3.63, 3.8) is 0 Å². The number of anilines is 1. The van der Waals surface area contributed by atoms with Gasteiger partial charge in [-0.1, -0.05) is 12.1 Å². The van der Waals surface area contributed by atoms with Crippen LogP contribution in [0.1, 0.15) is 18.1 Å². The lowest BCUT2D eigenvalue weighted by atomic mass is 10.0. The van der Waals surface area contributed by atoms with Crippen LogP contribution in [0, 0.1) is 0 Å². The largest absolute Gasteiger partial charge is 0.495 e. The molecule has 0 bridgehead atoms. The Bertz CT molecular complexity index is 364. The molecule has 0 heterocycles. The average Bonchev–Trinajstić information content (AvgIpc) is 2.17. The van der Waals surface area contributed by atoms with Crippen molar-refractivity contribution < 1.29 is 19.7 Å². The van der Waals surface area contributed by atoms with Gasteiger partial charge in [-0.3, -0.25) is 4.79 Å². The van der Waals surface area contributed by atoms with Gasteiger partial charge in [-0.25, -0.2) is 0 Å². The Hall–Kier alpha value is -1.75. The predicted molar refractivity (Wildman–Crippen MR) is 54.6 cm³/mol. The van der Waals surface area contributed by atoms with Crippen LogP contribution in [-0.2, 0) is 4.79 Å². The molecule has 1 rings (SSSR count). The Morgan fingerprint density at radius 1 is 1.60 bits per heavy atom. The van der Waals surface area contributed by atoms with Gasteiger partial charge in [0.25, 0.3) is 0 Å². The van der Waals surface area contributed by atoms with Gasteiger partial charge in [-0.2, -0.15) is 0 Å². The van der Waals surface area contributed by atoms with Crippen molar-refractivity contribution in [2.75, 3.05) is 12.8 Å². The molecule has 15 heavy (non-hydrogen) atoms. The summed E-state index contributed by atoms with van der Waals surface area (Å²) < 4.78 is 4.96. The van der Waals surface area contributed by atoms with Gasteiger partial charge < -0.3 is 20.7 Å². The number of nitrogen functional groups attached to an aromatic ring is 1. The fraction of sp³-hybridized carbons (Fsp3) is 0.300. The lowest BCUT2D eigenvalue weighted by Gasteiger charge is -2.13. The van der Waals surface area contributed by atoms with E-state index in [9.17, 15) is 9.90 Å². The van der Waals surface area contributed by atoms with Crippen LogP contribution >= 0.6 is 0 Å². The standard InChI is InChI=1S/C10H13NO4/c1-15-8-4-2-3-6(10(8)11)7(12)5-9(13)14/h2-4,7,12H,5,11H2,1H3,(H,13,14). The molecule has 0 aliphatic rings. The van der Waals surface area contributed by atoms with Gasteiger partial charge in [-0.05, 0) is 6.07 Å². The van der Waals surface area contributed by atoms with Crippen LogP contribution < -0.4 is 10.5 Å². The zero-order valence-electron chi connectivity index (χ0n) is 8.30. The van der Waals surface area contributed by atoms with Crippen molar-refractivity contribution in [3.05, 3.63) is 23.8 Å². The van der Waals surface area contributed by atoms with Gasteiger partial charge >= 0.3 is 5.97 Å². The molecule has 0 aromatic heterocycles. The number of carboxylic acids is 1. The second-order valence-electron chi connectivity index (χ2n) is 3.08. The van der Waals surface area contributed by atoms with Crippen LogP contribution in [0.25, 0.3) is 0 Å². The van der Waals surface area contributed by atoms with Crippen molar-refractivity contribution >= 4 is 11.7 Å². The zero-order valence-corrected chi connectivity index (χ0v) is 8.30. The second-order valence-corrected chi connectivity index (χ2v) is 3.08. The smallest absolute Gasteiger partial charge is 0.306 e. The minimum atomic E-state index is -1.11. The van der Waals surface area contributed by atoms with E-state index in [2.05, 4.69) is 0 Å². The molecule has 5 heteroatoms. The molecule has 0 amide bonds. The molecule has 0 spiro atoms. The van der Waals surface area contributed by atoms with E-state index in [-0.39, 0.29) is 12.1 Å². The van der Waals surface area contributed by atoms with E-state index in [0.717, 1.165) is 0 Å². The monoisotopic (exact) mass is 211 g/mol. The Kier molecular flexibility index (Phi) is 3.51. The van der Waals surface area contributed by atoms with Crippen LogP contribution in [0.15, 0.2) is 18.2 Å². The molecule has 5 nitrogen and oxygen atoms in total. The molecule has 1 aromatic carbocycles. The Morgan fingerprint density at radius 3 is 2.80 bits per heavy atom. The number of rotatable bonds is 4. The van der Waals surface area contributed by atoms with Crippen molar-refractivity contribution in [2.24, 2.45) is 0 Å². The molecule has 0 saturated heterocycles. The van der Waals surface area contributed by atoms with Crippen molar-refractivity contribution in [1.82, 2.24) is 0 Å². The summed E-state index contributed by atoms with van der Waals surface area (Å²) in [6.07, 6.45) is -1.49. The number of hydrogen-bond donors (Lipinski definition) is 3. The summed E-state index contributed by atoms with van der Waals surface area (Å²) in [4.78, 5) is 10.4. The van der Waals surface area contributed by atoms with Crippen LogP contribution in [0.4, 0.5) is 5.69 Å². The van der Waals surface area contributed by atoms with E-state index >= 15 is 0 Å². The normalized spacial score (nSPS) is 12.1. The molecular weight excluding hydrogens is 198 g/mol. The van der Waals surface area contributed by atoms with E-state index in [1.165, 1.54) is 7.11 Å². The van der Waals surface area contributed by atoms with Crippen molar-refractivity contribution in [2.45, 2.75) is 12.5 Å². The maximum absolute atomic E-state index is 10.4. The maximum atomic E-state index is 10.4. The van der Waals surface area contributed by atoms with Gasteiger partial charge in [-0.15, -0.1) is 0 Å². The van der Waals surface area contributed by atoms with Crippen LogP contribution in [0.3, 0.4) is 0 Å². The summed E-state index contributed by atoms with van der Waals surface area (Å²) in [5, 5.41) is 18.1. The fourth-order valence-electron chi connectivity index (χ4n) is 1.30. The maximum Gasteiger partial charge on any atom is 0.306 e. The third-order valence-corrected chi connectivity index (χ3v) is 2.05. The molecule has 82 valence electrons. The molecule has 0 fully saturated rings. The number of aliphatic hydroxyl groups is 1. The summed E-state index contributed by atoms with van der Waals surface area (Å²) >= 11 is 0. The topological polar surface area (TPSA) is 92.8 Å². The van der Waals surface area contributed by atoms with E-state index in [1.807, 2.05) is 0 Å². The minimum Gasteiger partial charge on any atom is -0.495 e. The SMILES string of the molecule is COc1cccc(C(O)CC(=O)O)c1N. The van der Waals surface area contributed by atoms with E-state index in [1.54, 1.807) is 18.2 Å². The Morgan fingerprint density at radius 2 is 2.27 bits per heavy atom. The number of carboxylic acid groups (broad SMARTS) is 1. The summed E-state index contributed by atoms with van der Waals surface area (Å²) in [6.45, 7) is 0. The first kappa shape index (κ1) is 11.3. The number of hydrogen-bond acceptors (Lipinski definition) is 4. The van der Waals surface area contributed by atoms with E-state index < -0.39 is 12.1 Å². The number of aliphatic hydroxyl groups excluding tert-OH is 1. The first-order valence-electron chi connectivity index (χ1n) is 4.38. The highest BCUT2D eigenvalue weighted by Gasteiger charge is 2.16. The highest BCUT2D eigenvalue weighted by atomic mass is 16.5. The summed E-state index contributed by atoms with van der Waals surface area (Å²) in [5.74, 6) is -0.651. The van der Waals surface area contributed by atoms with Crippen LogP contribution in [0.2, 0.25) is 0 Å². The first-order chi connectivity index (χ1) is 7.06. The Labute approximate surface area is 87.1 Å². The molecular formula is C10H13NO4. The molecule has 4 N–H and O–H groups in total. The summed E-state index contributed by atoms with van der Waals surface area (Å²) in [6, 6.07) is 4.87. The molecule has 0 radical (unpaired) electrons. The van der Waals surface area contributed by atoms with Gasteiger partial charge in [0.15, 0.2) is 0 Å². The van der Waals surface area contributed by atoms with Gasteiger partial charge in [0.1, 0.15) is 5.75 Å². The van der Waals surface area contributed by atoms with E-state index in [0.29, 0.717) is 11.3 Å². The fourth-order valence-corrected chi connectivity index (χ4v) is 1.30. The Balaban J connectivity index is 2.98. The van der Waals surface area contributed by atoms with Crippen LogP contribution in [0.5, 0.6) is 5.75 Å². The highest BCUT2D eigenvalue weighted by molar-refractivity contribution is 5.69. The highest BCUT2D eigenvalue weighted by Crippen LogP contribution is 2.30. The molecule has 0 aliphatic heterocycles. The second kappa shape index (κ2) is 4.65. The van der Waals surface area contributed by atoms with E-state index in [4.69, 9.17) is 15.6 Å². The minimum absolute atomic E-state index is 0.272. The van der Waals surface area contributed by atoms with Gasteiger partial charge in [0.05, 0.1) is 25.3 Å². The zero-order chi connectivity index (χ0) is 11.4.